The number of carbonyl (C=O) groups excluding carboxylic acids is 13. The zero-order chi connectivity index (χ0) is 88.1. The number of nitrogens with zero attached hydrogens (tertiary/aromatic N) is 7. The van der Waals surface area contributed by atoms with Gasteiger partial charge >= 0.3 is 12.1 Å². The quantitative estimate of drug-likeness (QED) is 0.0291. The van der Waals surface area contributed by atoms with Crippen LogP contribution in [0.4, 0.5) is 15.3 Å². The summed E-state index contributed by atoms with van der Waals surface area (Å²) in [7, 11) is 7.98. The molecule has 120 heavy (non-hydrogen) atoms. The van der Waals surface area contributed by atoms with Gasteiger partial charge in [0.15, 0.2) is 0 Å². The topological polar surface area (TPSA) is 429 Å². The molecule has 0 saturated carbocycles. The van der Waals surface area contributed by atoms with Crippen molar-refractivity contribution in [2.75, 3.05) is 146 Å². The molecule has 9 N–H and O–H groups in total. The second kappa shape index (κ2) is 51.3. The van der Waals surface area contributed by atoms with Gasteiger partial charge in [-0.3, -0.25) is 62.5 Å². The molecule has 35 nitrogen and oxygen atoms in total. The Labute approximate surface area is 709 Å². The molecule has 12 atom stereocenters. The fraction of sp³-hybridized carbons (Fsp3) is 0.643. The van der Waals surface area contributed by atoms with Crippen molar-refractivity contribution in [3.05, 3.63) is 94.5 Å². The lowest BCUT2D eigenvalue weighted by Crippen LogP contribution is -2.60. The van der Waals surface area contributed by atoms with Gasteiger partial charge in [0.05, 0.1) is 95.5 Å². The largest absolute Gasteiger partial charge is 0.431 e. The van der Waals surface area contributed by atoms with E-state index in [2.05, 4.69) is 47.1 Å². The number of aromatic nitrogens is 1. The van der Waals surface area contributed by atoms with Crippen LogP contribution in [0.25, 0.3) is 0 Å². The lowest BCUT2D eigenvalue weighted by molar-refractivity contribution is -0.148. The number of ether oxygens (including phenoxy) is 7. The van der Waals surface area contributed by atoms with Crippen molar-refractivity contribution in [3.63, 3.8) is 0 Å². The number of amides is 14. The number of primary amides is 1. The van der Waals surface area contributed by atoms with Gasteiger partial charge in [0, 0.05) is 128 Å². The number of rotatable bonds is 52. The molecule has 36 heteroatoms. The number of imide groups is 1. The second-order valence-electron chi connectivity index (χ2n) is 31.5. The molecule has 3 aromatic rings. The SMILES string of the molecule is CC[C@H](C)[C@@H]([C@@H](CC(=O)N1CCC[C@H]1[C@H](OC)[C@@H](C)C(=O)N[C@@H](Cc1ccccc1)c1nccs1)OC)N(C)C(=O)[C@@H](NC(=O)[C@H](C(C)C)N(C)C(=O)OC(C(=O)N1CCN(C)CC1)c1ccc(NC(=O)[C@H](CCCNC(N)=O)NC(=O)[C@@H](NC(=O)CCOCCOCCOCCOCCNC(=O)CCN2C(=O)C=CC2=O)C(C)C)cc1)C(C)C. The Morgan fingerprint density at radius 1 is 0.650 bits per heavy atom. The van der Waals surface area contributed by atoms with Gasteiger partial charge in [-0.25, -0.2) is 14.6 Å². The number of hydrogen-bond acceptors (Lipinski definition) is 23. The summed E-state index contributed by atoms with van der Waals surface area (Å²) >= 11 is 1.46. The highest BCUT2D eigenvalue weighted by Crippen LogP contribution is 2.32. The maximum absolute atomic E-state index is 15.2. The number of piperazine rings is 1. The second-order valence-corrected chi connectivity index (χ2v) is 32.4. The Kier molecular flexibility index (Phi) is 42.4. The fourth-order valence-electron chi connectivity index (χ4n) is 14.7. The Balaban J connectivity index is 1.04. The van der Waals surface area contributed by atoms with Crippen molar-refractivity contribution in [3.8, 4) is 0 Å². The van der Waals surface area contributed by atoms with Gasteiger partial charge in [0.1, 0.15) is 29.2 Å². The number of likely N-dealkylation sites (N-methyl/N-ethyl adjacent to an activating group) is 3. The van der Waals surface area contributed by atoms with E-state index in [0.717, 1.165) is 32.5 Å². The first-order valence-electron chi connectivity index (χ1n) is 41.5. The normalized spacial score (nSPS) is 17.1. The molecule has 3 aliphatic heterocycles. The summed E-state index contributed by atoms with van der Waals surface area (Å²) in [4.78, 5) is 191. The van der Waals surface area contributed by atoms with Crippen LogP contribution < -0.4 is 43.0 Å². The van der Waals surface area contributed by atoms with Crippen molar-refractivity contribution < 1.29 is 95.5 Å². The van der Waals surface area contributed by atoms with Crippen LogP contribution >= 0.6 is 11.3 Å². The molecular weight excluding hydrogens is 1570 g/mol. The number of anilines is 1. The minimum Gasteiger partial charge on any atom is -0.431 e. The number of carbonyl (C=O) groups is 13. The number of thiazole rings is 1. The highest BCUT2D eigenvalue weighted by molar-refractivity contribution is 7.09. The molecule has 6 rings (SSSR count). The molecular formula is C84H129N15O20S. The third-order valence-corrected chi connectivity index (χ3v) is 22.6. The fourth-order valence-corrected chi connectivity index (χ4v) is 15.3. The number of hydrogen-bond donors (Lipinski definition) is 8. The van der Waals surface area contributed by atoms with Crippen LogP contribution in [-0.4, -0.2) is 301 Å². The van der Waals surface area contributed by atoms with Gasteiger partial charge in [-0.1, -0.05) is 111 Å². The Hall–Kier alpha value is -9.56. The number of benzene rings is 2. The summed E-state index contributed by atoms with van der Waals surface area (Å²) in [5, 5.41) is 22.3. The van der Waals surface area contributed by atoms with Gasteiger partial charge in [-0.05, 0) is 80.5 Å². The van der Waals surface area contributed by atoms with E-state index in [1.54, 1.807) is 83.5 Å². The van der Waals surface area contributed by atoms with E-state index in [4.69, 9.17) is 38.9 Å². The molecule has 1 aromatic heterocycles. The first kappa shape index (κ1) is 99.3. The highest BCUT2D eigenvalue weighted by Gasteiger charge is 2.45. The summed E-state index contributed by atoms with van der Waals surface area (Å²) in [5.41, 5.74) is 6.80. The van der Waals surface area contributed by atoms with Crippen molar-refractivity contribution in [1.29, 1.82) is 0 Å². The molecule has 3 aliphatic rings. The Morgan fingerprint density at radius 3 is 1.85 bits per heavy atom. The van der Waals surface area contributed by atoms with Gasteiger partial charge in [0.2, 0.25) is 53.4 Å². The maximum Gasteiger partial charge on any atom is 0.411 e. The van der Waals surface area contributed by atoms with Crippen molar-refractivity contribution >= 4 is 94.1 Å². The predicted molar refractivity (Wildman–Crippen MR) is 448 cm³/mol. The lowest BCUT2D eigenvalue weighted by atomic mass is 9.89. The molecule has 0 bridgehead atoms. The molecule has 4 heterocycles. The van der Waals surface area contributed by atoms with Crippen LogP contribution in [0.3, 0.4) is 0 Å². The summed E-state index contributed by atoms with van der Waals surface area (Å²) in [6.07, 6.45) is 2.35. The smallest absolute Gasteiger partial charge is 0.411 e. The van der Waals surface area contributed by atoms with E-state index in [-0.39, 0.29) is 139 Å². The number of urea groups is 1. The molecule has 2 fully saturated rings. The first-order valence-corrected chi connectivity index (χ1v) is 42.4. The van der Waals surface area contributed by atoms with Gasteiger partial charge in [0.25, 0.3) is 17.7 Å². The standard InChI is InChI=1S/C84H129N15O20S/c1-15-56(8)73(64(113-13)52-69(104)98-36-20-24-63(98)74(114-14)57(9)76(105)91-62(80-87-35-50-120-80)51-58-21-17-16-18-22-58)95(11)81(109)71(54(4)5)93-79(108)72(55(6)7)96(12)84(112)119-75(82(110)97-40-38-94(10)39-41-97)59-25-27-60(28-26-59)89-77(106)61(23-19-33-88-83(85)111)90-78(107)70(53(2)3)92-66(101)32-42-115-44-46-117-48-49-118-47-45-116-43-34-86-65(100)31-37-99-67(102)29-30-68(99)103/h16-18,21-22,25-30,35,50,53-57,61-64,70-75H,15,19-20,23-24,31-34,36-49,51-52H2,1-14H3,(H,86,100)(H,89,106)(H,90,107)(H,91,105)(H,92,101)(H,93,108)(H3,85,88,111)/t56-,57+,61-,62-,63-,64+,70-,71-,72-,73-,74+,75?/m0/s1. The van der Waals surface area contributed by atoms with Crippen LogP contribution in [0.2, 0.25) is 0 Å². The van der Waals surface area contributed by atoms with Crippen LogP contribution in [0.15, 0.2) is 78.3 Å². The Bertz CT molecular complexity index is 3800. The van der Waals surface area contributed by atoms with Gasteiger partial charge in [-0.15, -0.1) is 11.3 Å². The van der Waals surface area contributed by atoms with Crippen molar-refractivity contribution in [1.82, 2.24) is 66.3 Å². The molecule has 0 radical (unpaired) electrons. The lowest BCUT2D eigenvalue weighted by Gasteiger charge is -2.41. The molecule has 0 spiro atoms. The minimum absolute atomic E-state index is 0.00471. The minimum atomic E-state index is -1.56. The number of nitrogens with two attached hydrogens (primary N) is 1. The van der Waals surface area contributed by atoms with E-state index < -0.39 is 144 Å². The summed E-state index contributed by atoms with van der Waals surface area (Å²) in [6, 6.07) is 8.87. The zero-order valence-electron chi connectivity index (χ0n) is 72.1. The maximum atomic E-state index is 15.2. The van der Waals surface area contributed by atoms with Gasteiger partial charge < -0.3 is 95.7 Å². The summed E-state index contributed by atoms with van der Waals surface area (Å²) < 4.78 is 40.6. The van der Waals surface area contributed by atoms with Gasteiger partial charge in [-0.2, -0.15) is 0 Å². The molecule has 2 aromatic carbocycles. The van der Waals surface area contributed by atoms with E-state index in [9.17, 15) is 57.5 Å². The summed E-state index contributed by atoms with van der Waals surface area (Å²) in [6.45, 7) is 20.4. The molecule has 14 amide bonds. The third kappa shape index (κ3) is 31.2. The number of likely N-dealkylation sites (tertiary alicyclic amines) is 1. The summed E-state index contributed by atoms with van der Waals surface area (Å²) in [5.74, 6) is -7.56. The molecule has 666 valence electrons. The predicted octanol–water partition coefficient (Wildman–Crippen LogP) is 4.11. The van der Waals surface area contributed by atoms with Crippen LogP contribution in [0, 0.1) is 29.6 Å². The first-order chi connectivity index (χ1) is 57.3. The average molecular weight is 1700 g/mol. The molecule has 1 unspecified atom stereocenters. The van der Waals surface area contributed by atoms with Crippen LogP contribution in [0.5, 0.6) is 0 Å². The van der Waals surface area contributed by atoms with Crippen molar-refractivity contribution in [2.24, 2.45) is 35.3 Å². The molecule has 0 aliphatic carbocycles. The average Bonchev–Trinajstić information content (AvgIpc) is 1.57. The Morgan fingerprint density at radius 2 is 1.27 bits per heavy atom. The number of methoxy groups -OCH3 is 2. The van der Waals surface area contributed by atoms with E-state index in [0.29, 0.717) is 58.4 Å². The van der Waals surface area contributed by atoms with E-state index in [1.807, 2.05) is 56.6 Å². The monoisotopic (exact) mass is 1700 g/mol. The third-order valence-electron chi connectivity index (χ3n) is 21.7. The van der Waals surface area contributed by atoms with E-state index >= 15 is 4.79 Å². The highest BCUT2D eigenvalue weighted by atomic mass is 32.1. The molecule has 2 saturated heterocycles. The van der Waals surface area contributed by atoms with Crippen molar-refractivity contribution in [2.45, 2.75) is 181 Å². The number of nitrogens with one attached hydrogen (secondary N) is 7. The zero-order valence-corrected chi connectivity index (χ0v) is 72.9. The van der Waals surface area contributed by atoms with Crippen LogP contribution in [-0.2, 0) is 92.3 Å². The van der Waals surface area contributed by atoms with E-state index in [1.165, 1.54) is 49.8 Å². The van der Waals surface area contributed by atoms with Crippen LogP contribution in [0.1, 0.15) is 142 Å².